The second-order valence-electron chi connectivity index (χ2n) is 3.25. The zero-order valence-corrected chi connectivity index (χ0v) is 9.27. The van der Waals surface area contributed by atoms with Gasteiger partial charge in [0.15, 0.2) is 0 Å². The van der Waals surface area contributed by atoms with Gasteiger partial charge >= 0.3 is 5.97 Å². The highest BCUT2D eigenvalue weighted by molar-refractivity contribution is 5.88. The van der Waals surface area contributed by atoms with Crippen LogP contribution in [-0.2, 0) is 9.53 Å². The summed E-state index contributed by atoms with van der Waals surface area (Å²) in [6.07, 6.45) is 6.24. The summed E-state index contributed by atoms with van der Waals surface area (Å²) in [5.74, 6) is 4.85. The Morgan fingerprint density at radius 3 is 2.57 bits per heavy atom. The third-order valence-corrected chi connectivity index (χ3v) is 1.80. The summed E-state index contributed by atoms with van der Waals surface area (Å²) < 4.78 is 4.92. The first-order valence-corrected chi connectivity index (χ1v) is 5.46. The SMILES string of the molecule is CCCC#CC(=O)OCCCCCC. The number of hydrogen-bond acceptors (Lipinski definition) is 2. The minimum atomic E-state index is -0.380. The van der Waals surface area contributed by atoms with E-state index in [1.807, 2.05) is 6.92 Å². The summed E-state index contributed by atoms with van der Waals surface area (Å²) in [6, 6.07) is 0. The van der Waals surface area contributed by atoms with Crippen LogP contribution in [0.2, 0.25) is 0 Å². The Bertz CT molecular complexity index is 198. The highest BCUT2D eigenvalue weighted by Gasteiger charge is 1.95. The van der Waals surface area contributed by atoms with Crippen molar-refractivity contribution in [2.24, 2.45) is 0 Å². The van der Waals surface area contributed by atoms with Gasteiger partial charge in [-0.05, 0) is 12.8 Å². The van der Waals surface area contributed by atoms with E-state index >= 15 is 0 Å². The molecule has 0 aliphatic carbocycles. The van der Waals surface area contributed by atoms with Crippen LogP contribution in [0.4, 0.5) is 0 Å². The second-order valence-corrected chi connectivity index (χ2v) is 3.25. The molecule has 0 bridgehead atoms. The Morgan fingerprint density at radius 2 is 1.93 bits per heavy atom. The molecule has 0 saturated carbocycles. The highest BCUT2D eigenvalue weighted by atomic mass is 16.5. The molecule has 0 unspecified atom stereocenters. The Labute approximate surface area is 87.0 Å². The normalized spacial score (nSPS) is 9.00. The zero-order valence-electron chi connectivity index (χ0n) is 9.27. The fourth-order valence-electron chi connectivity index (χ4n) is 0.989. The summed E-state index contributed by atoms with van der Waals surface area (Å²) in [7, 11) is 0. The molecule has 0 saturated heterocycles. The monoisotopic (exact) mass is 196 g/mol. The molecule has 0 aromatic heterocycles. The predicted octanol–water partition coefficient (Wildman–Crippen LogP) is 2.91. The maximum Gasteiger partial charge on any atom is 0.384 e. The van der Waals surface area contributed by atoms with E-state index < -0.39 is 0 Å². The van der Waals surface area contributed by atoms with Gasteiger partial charge < -0.3 is 4.74 Å². The fraction of sp³-hybridized carbons (Fsp3) is 0.750. The third kappa shape index (κ3) is 9.12. The first-order chi connectivity index (χ1) is 6.81. The molecule has 0 spiro atoms. The summed E-state index contributed by atoms with van der Waals surface area (Å²) in [4.78, 5) is 11.0. The molecule has 14 heavy (non-hydrogen) atoms. The molecular weight excluding hydrogens is 176 g/mol. The van der Waals surface area contributed by atoms with Gasteiger partial charge in [0.25, 0.3) is 0 Å². The van der Waals surface area contributed by atoms with Crippen LogP contribution >= 0.6 is 0 Å². The van der Waals surface area contributed by atoms with Crippen molar-refractivity contribution in [2.75, 3.05) is 6.61 Å². The van der Waals surface area contributed by atoms with E-state index in [1.54, 1.807) is 0 Å². The molecule has 0 atom stereocenters. The maximum atomic E-state index is 11.0. The van der Waals surface area contributed by atoms with Crippen molar-refractivity contribution in [2.45, 2.75) is 52.4 Å². The average Bonchev–Trinajstić information content (AvgIpc) is 2.18. The van der Waals surface area contributed by atoms with Gasteiger partial charge in [-0.2, -0.15) is 0 Å². The summed E-state index contributed by atoms with van der Waals surface area (Å²) >= 11 is 0. The lowest BCUT2D eigenvalue weighted by molar-refractivity contribution is -0.136. The van der Waals surface area contributed by atoms with Crippen LogP contribution in [0.3, 0.4) is 0 Å². The van der Waals surface area contributed by atoms with E-state index in [4.69, 9.17) is 4.74 Å². The molecule has 0 fully saturated rings. The first-order valence-electron chi connectivity index (χ1n) is 5.46. The second kappa shape index (κ2) is 10.1. The van der Waals surface area contributed by atoms with Crippen LogP contribution in [0.5, 0.6) is 0 Å². The van der Waals surface area contributed by atoms with E-state index in [9.17, 15) is 4.79 Å². The van der Waals surface area contributed by atoms with Crippen molar-refractivity contribution >= 4 is 5.97 Å². The summed E-state index contributed by atoms with van der Waals surface area (Å²) in [5.41, 5.74) is 0. The zero-order chi connectivity index (χ0) is 10.6. The number of ether oxygens (including phenoxy) is 1. The third-order valence-electron chi connectivity index (χ3n) is 1.80. The smallest absolute Gasteiger partial charge is 0.384 e. The molecule has 0 aliphatic heterocycles. The summed E-state index contributed by atoms with van der Waals surface area (Å²) in [6.45, 7) is 4.70. The quantitative estimate of drug-likeness (QED) is 0.282. The van der Waals surface area contributed by atoms with E-state index in [0.717, 1.165) is 25.7 Å². The molecule has 2 heteroatoms. The van der Waals surface area contributed by atoms with Crippen molar-refractivity contribution in [1.29, 1.82) is 0 Å². The van der Waals surface area contributed by atoms with Crippen LogP contribution in [0.15, 0.2) is 0 Å². The predicted molar refractivity (Wildman–Crippen MR) is 57.8 cm³/mol. The number of unbranched alkanes of at least 4 members (excludes halogenated alkanes) is 4. The standard InChI is InChI=1S/C12H20O2/c1-3-5-7-9-11-14-12(13)10-8-6-4-2/h3-7,9,11H2,1-2H3. The van der Waals surface area contributed by atoms with Crippen molar-refractivity contribution < 1.29 is 9.53 Å². The van der Waals surface area contributed by atoms with Crippen molar-refractivity contribution in [3.63, 3.8) is 0 Å². The van der Waals surface area contributed by atoms with Gasteiger partial charge in [-0.3, -0.25) is 0 Å². The molecule has 0 aliphatic rings. The van der Waals surface area contributed by atoms with Gasteiger partial charge in [-0.15, -0.1) is 0 Å². The molecule has 0 amide bonds. The van der Waals surface area contributed by atoms with Crippen LogP contribution in [0.25, 0.3) is 0 Å². The molecule has 2 nitrogen and oxygen atoms in total. The highest BCUT2D eigenvalue weighted by Crippen LogP contribution is 1.98. The number of carbonyl (C=O) groups is 1. The Kier molecular flexibility index (Phi) is 9.41. The van der Waals surface area contributed by atoms with Gasteiger partial charge in [0.05, 0.1) is 6.61 Å². The first kappa shape index (κ1) is 13.0. The minimum Gasteiger partial charge on any atom is -0.456 e. The topological polar surface area (TPSA) is 26.3 Å². The molecule has 0 rings (SSSR count). The van der Waals surface area contributed by atoms with Crippen molar-refractivity contribution in [3.05, 3.63) is 0 Å². The lowest BCUT2D eigenvalue weighted by atomic mass is 10.2. The van der Waals surface area contributed by atoms with Crippen LogP contribution in [0, 0.1) is 11.8 Å². The van der Waals surface area contributed by atoms with Crippen LogP contribution in [-0.4, -0.2) is 12.6 Å². The Hall–Kier alpha value is -0.970. The number of hydrogen-bond donors (Lipinski definition) is 0. The van der Waals surface area contributed by atoms with Crippen molar-refractivity contribution in [1.82, 2.24) is 0 Å². The fourth-order valence-corrected chi connectivity index (χ4v) is 0.989. The number of carbonyl (C=O) groups excluding carboxylic acids is 1. The average molecular weight is 196 g/mol. The van der Waals surface area contributed by atoms with Crippen molar-refractivity contribution in [3.8, 4) is 11.8 Å². The van der Waals surface area contributed by atoms with E-state index in [-0.39, 0.29) is 5.97 Å². The van der Waals surface area contributed by atoms with Crippen LogP contribution in [0.1, 0.15) is 52.4 Å². The van der Waals surface area contributed by atoms with Gasteiger partial charge in [0.1, 0.15) is 0 Å². The lowest BCUT2D eigenvalue weighted by Gasteiger charge is -1.99. The number of rotatable bonds is 6. The van der Waals surface area contributed by atoms with Gasteiger partial charge in [0.2, 0.25) is 0 Å². The van der Waals surface area contributed by atoms with E-state index in [2.05, 4.69) is 18.8 Å². The molecule has 0 N–H and O–H groups in total. The minimum absolute atomic E-state index is 0.380. The number of esters is 1. The van der Waals surface area contributed by atoms with Gasteiger partial charge in [-0.1, -0.05) is 39.0 Å². The lowest BCUT2D eigenvalue weighted by Crippen LogP contribution is -2.02. The summed E-state index contributed by atoms with van der Waals surface area (Å²) in [5, 5.41) is 0. The van der Waals surface area contributed by atoms with E-state index in [0.29, 0.717) is 6.61 Å². The van der Waals surface area contributed by atoms with Crippen LogP contribution < -0.4 is 0 Å². The van der Waals surface area contributed by atoms with E-state index in [1.165, 1.54) is 12.8 Å². The van der Waals surface area contributed by atoms with Gasteiger partial charge in [-0.25, -0.2) is 4.79 Å². The molecule has 0 aromatic rings. The Morgan fingerprint density at radius 1 is 1.14 bits per heavy atom. The molecular formula is C12H20O2. The largest absolute Gasteiger partial charge is 0.456 e. The molecule has 0 radical (unpaired) electrons. The molecule has 0 aromatic carbocycles. The maximum absolute atomic E-state index is 11.0. The molecule has 0 heterocycles. The molecule has 80 valence electrons. The Balaban J connectivity index is 3.32. The van der Waals surface area contributed by atoms with Gasteiger partial charge in [0, 0.05) is 12.3 Å².